The van der Waals surface area contributed by atoms with E-state index in [0.29, 0.717) is 18.3 Å². The number of esters is 1. The number of hydrogen-bond acceptors (Lipinski definition) is 4. The Morgan fingerprint density at radius 2 is 2.25 bits per heavy atom. The first-order valence-electron chi connectivity index (χ1n) is 6.22. The molecular weight excluding hydrogens is 346 g/mol. The molecule has 2 rings (SSSR count). The van der Waals surface area contributed by atoms with Crippen molar-refractivity contribution in [2.75, 3.05) is 20.2 Å². The van der Waals surface area contributed by atoms with E-state index in [1.54, 1.807) is 18.2 Å². The monoisotopic (exact) mass is 361 g/mol. The minimum absolute atomic E-state index is 0.188. The fraction of sp³-hybridized carbons (Fsp3) is 0.462. The predicted octanol–water partition coefficient (Wildman–Crippen LogP) is 1.77. The highest BCUT2D eigenvalue weighted by molar-refractivity contribution is 9.08. The zero-order valence-corrected chi connectivity index (χ0v) is 13.5. The molecule has 1 unspecified atom stereocenters. The van der Waals surface area contributed by atoms with Gasteiger partial charge in [0, 0.05) is 18.4 Å². The SMILES string of the molecule is COC(=O)C1CCN(S(=O)(=O)c2cccc(CBr)c2)C1. The van der Waals surface area contributed by atoms with E-state index in [0.717, 1.165) is 5.56 Å². The molecule has 110 valence electrons. The van der Waals surface area contributed by atoms with Crippen molar-refractivity contribution in [3.05, 3.63) is 29.8 Å². The molecule has 7 heteroatoms. The Bertz CT molecular complexity index is 602. The smallest absolute Gasteiger partial charge is 0.310 e. The number of nitrogens with zero attached hydrogens (tertiary/aromatic N) is 1. The van der Waals surface area contributed by atoms with E-state index >= 15 is 0 Å². The highest BCUT2D eigenvalue weighted by Gasteiger charge is 2.36. The Labute approximate surface area is 127 Å². The minimum Gasteiger partial charge on any atom is -0.469 e. The zero-order valence-electron chi connectivity index (χ0n) is 11.1. The molecule has 1 aliphatic rings. The fourth-order valence-electron chi connectivity index (χ4n) is 2.24. The van der Waals surface area contributed by atoms with Crippen molar-refractivity contribution in [2.45, 2.75) is 16.6 Å². The summed E-state index contributed by atoms with van der Waals surface area (Å²) in [7, 11) is -2.22. The van der Waals surface area contributed by atoms with Crippen molar-refractivity contribution in [3.8, 4) is 0 Å². The van der Waals surface area contributed by atoms with Gasteiger partial charge >= 0.3 is 5.97 Å². The van der Waals surface area contributed by atoms with Crippen LogP contribution in [0.5, 0.6) is 0 Å². The Morgan fingerprint density at radius 3 is 2.90 bits per heavy atom. The molecule has 5 nitrogen and oxygen atoms in total. The molecule has 20 heavy (non-hydrogen) atoms. The molecule has 0 amide bonds. The van der Waals surface area contributed by atoms with E-state index in [9.17, 15) is 13.2 Å². The number of benzene rings is 1. The first kappa shape index (κ1) is 15.5. The fourth-order valence-corrected chi connectivity index (χ4v) is 4.16. The summed E-state index contributed by atoms with van der Waals surface area (Å²) < 4.78 is 31.1. The summed E-state index contributed by atoms with van der Waals surface area (Å²) in [4.78, 5) is 11.7. The standard InChI is InChI=1S/C13H16BrNO4S/c1-19-13(16)11-5-6-15(9-11)20(17,18)12-4-2-3-10(7-12)8-14/h2-4,7,11H,5-6,8-9H2,1H3. The number of hydrogen-bond donors (Lipinski definition) is 0. The van der Waals surface area contributed by atoms with Crippen LogP contribution in [0.1, 0.15) is 12.0 Å². The number of ether oxygens (including phenoxy) is 1. The molecule has 1 heterocycles. The number of carbonyl (C=O) groups excluding carboxylic acids is 1. The van der Waals surface area contributed by atoms with Crippen LogP contribution >= 0.6 is 15.9 Å². The average Bonchev–Trinajstić information content (AvgIpc) is 2.97. The summed E-state index contributed by atoms with van der Waals surface area (Å²) in [6.45, 7) is 0.536. The lowest BCUT2D eigenvalue weighted by Gasteiger charge is -2.16. The Kier molecular flexibility index (Phi) is 4.82. The predicted molar refractivity (Wildman–Crippen MR) is 78.0 cm³/mol. The van der Waals surface area contributed by atoms with E-state index < -0.39 is 10.0 Å². The third-order valence-electron chi connectivity index (χ3n) is 3.38. The molecule has 1 fully saturated rings. The van der Waals surface area contributed by atoms with Crippen LogP contribution in [0.25, 0.3) is 0 Å². The summed E-state index contributed by atoms with van der Waals surface area (Å²) in [6, 6.07) is 6.80. The topological polar surface area (TPSA) is 63.7 Å². The van der Waals surface area contributed by atoms with Gasteiger partial charge in [0.25, 0.3) is 0 Å². The lowest BCUT2D eigenvalue weighted by atomic mass is 10.1. The summed E-state index contributed by atoms with van der Waals surface area (Å²) in [5.41, 5.74) is 0.898. The van der Waals surface area contributed by atoms with Crippen LogP contribution in [0.4, 0.5) is 0 Å². The summed E-state index contributed by atoms with van der Waals surface area (Å²) in [5.74, 6) is -0.717. The molecule has 0 bridgehead atoms. The van der Waals surface area contributed by atoms with Crippen molar-refractivity contribution >= 4 is 31.9 Å². The van der Waals surface area contributed by atoms with Gasteiger partial charge < -0.3 is 4.74 Å². The third kappa shape index (κ3) is 3.05. The largest absolute Gasteiger partial charge is 0.469 e. The highest BCUT2D eigenvalue weighted by atomic mass is 79.9. The average molecular weight is 362 g/mol. The molecule has 0 radical (unpaired) electrons. The zero-order chi connectivity index (χ0) is 14.8. The van der Waals surface area contributed by atoms with Gasteiger partial charge in [-0.25, -0.2) is 8.42 Å². The number of halogens is 1. The maximum Gasteiger partial charge on any atom is 0.310 e. The van der Waals surface area contributed by atoms with Gasteiger partial charge in [-0.15, -0.1) is 0 Å². The first-order valence-corrected chi connectivity index (χ1v) is 8.78. The Morgan fingerprint density at radius 1 is 1.50 bits per heavy atom. The van der Waals surface area contributed by atoms with Crippen molar-refractivity contribution in [2.24, 2.45) is 5.92 Å². The first-order chi connectivity index (χ1) is 9.48. The molecule has 1 aliphatic heterocycles. The van der Waals surface area contributed by atoms with Gasteiger partial charge in [0.1, 0.15) is 0 Å². The van der Waals surface area contributed by atoms with Crippen LogP contribution in [-0.2, 0) is 24.9 Å². The lowest BCUT2D eigenvalue weighted by Crippen LogP contribution is -2.30. The van der Waals surface area contributed by atoms with Crippen LogP contribution in [0.3, 0.4) is 0 Å². The number of carbonyl (C=O) groups is 1. The van der Waals surface area contributed by atoms with E-state index in [2.05, 4.69) is 20.7 Å². The van der Waals surface area contributed by atoms with Crippen LogP contribution in [0, 0.1) is 5.92 Å². The van der Waals surface area contributed by atoms with Crippen molar-refractivity contribution in [1.29, 1.82) is 0 Å². The molecule has 0 aliphatic carbocycles. The maximum atomic E-state index is 12.5. The normalized spacial score (nSPS) is 20.0. The van der Waals surface area contributed by atoms with Crippen LogP contribution < -0.4 is 0 Å². The van der Waals surface area contributed by atoms with Gasteiger partial charge in [0.2, 0.25) is 10.0 Å². The molecular formula is C13H16BrNO4S. The Balaban J connectivity index is 2.21. The quantitative estimate of drug-likeness (QED) is 0.605. The molecule has 0 saturated carbocycles. The molecule has 1 aromatic rings. The van der Waals surface area contributed by atoms with Crippen molar-refractivity contribution < 1.29 is 17.9 Å². The maximum absolute atomic E-state index is 12.5. The number of sulfonamides is 1. The van der Waals surface area contributed by atoms with E-state index in [4.69, 9.17) is 0 Å². The van der Waals surface area contributed by atoms with E-state index in [1.807, 2.05) is 6.07 Å². The van der Waals surface area contributed by atoms with Gasteiger partial charge in [-0.05, 0) is 24.1 Å². The molecule has 1 aromatic carbocycles. The van der Waals surface area contributed by atoms with Gasteiger partial charge in [-0.1, -0.05) is 28.1 Å². The lowest BCUT2D eigenvalue weighted by molar-refractivity contribution is -0.144. The molecule has 1 atom stereocenters. The Hall–Kier alpha value is -0.920. The summed E-state index contributed by atoms with van der Waals surface area (Å²) in [6.07, 6.45) is 0.504. The molecule has 0 N–H and O–H groups in total. The van der Waals surface area contributed by atoms with E-state index in [1.165, 1.54) is 11.4 Å². The molecule has 0 aromatic heterocycles. The van der Waals surface area contributed by atoms with Gasteiger partial charge in [-0.3, -0.25) is 4.79 Å². The van der Waals surface area contributed by atoms with Gasteiger partial charge in [-0.2, -0.15) is 4.31 Å². The van der Waals surface area contributed by atoms with E-state index in [-0.39, 0.29) is 23.3 Å². The van der Waals surface area contributed by atoms with Crippen molar-refractivity contribution in [3.63, 3.8) is 0 Å². The second kappa shape index (κ2) is 6.24. The molecule has 1 saturated heterocycles. The van der Waals surface area contributed by atoms with Gasteiger partial charge in [0.05, 0.1) is 17.9 Å². The highest BCUT2D eigenvalue weighted by Crippen LogP contribution is 2.25. The summed E-state index contributed by atoms with van der Waals surface area (Å²) in [5, 5.41) is 0.598. The number of methoxy groups -OCH3 is 1. The van der Waals surface area contributed by atoms with Gasteiger partial charge in [0.15, 0.2) is 0 Å². The van der Waals surface area contributed by atoms with Crippen molar-refractivity contribution in [1.82, 2.24) is 4.31 Å². The van der Waals surface area contributed by atoms with Crippen LogP contribution in [0.2, 0.25) is 0 Å². The van der Waals surface area contributed by atoms with Crippen LogP contribution in [-0.4, -0.2) is 38.9 Å². The summed E-state index contributed by atoms with van der Waals surface area (Å²) >= 11 is 3.31. The number of alkyl halides is 1. The third-order valence-corrected chi connectivity index (χ3v) is 5.88. The minimum atomic E-state index is -3.54. The number of rotatable bonds is 4. The second-order valence-corrected chi connectivity index (χ2v) is 7.15. The van der Waals surface area contributed by atoms with Crippen LogP contribution in [0.15, 0.2) is 29.2 Å². The molecule has 0 spiro atoms. The second-order valence-electron chi connectivity index (χ2n) is 4.65.